The molecule has 0 bridgehead atoms. The van der Waals surface area contributed by atoms with Crippen molar-refractivity contribution >= 4 is 29.1 Å². The first-order chi connectivity index (χ1) is 13.0. The average Bonchev–Trinajstić information content (AvgIpc) is 3.08. The fourth-order valence-corrected chi connectivity index (χ4v) is 3.12. The fraction of sp³-hybridized carbons (Fsp3) is 0.200. The molecule has 1 N–H and O–H groups in total. The van der Waals surface area contributed by atoms with Gasteiger partial charge in [0.05, 0.1) is 23.6 Å². The number of carbonyl (C=O) groups is 1. The molecule has 0 saturated heterocycles. The Kier molecular flexibility index (Phi) is 6.04. The zero-order valence-corrected chi connectivity index (χ0v) is 16.5. The predicted octanol–water partition coefficient (Wildman–Crippen LogP) is 4.18. The summed E-state index contributed by atoms with van der Waals surface area (Å²) in [6, 6.07) is 12.3. The van der Waals surface area contributed by atoms with Crippen LogP contribution in [-0.2, 0) is 18.3 Å². The number of hydrogen-bond acceptors (Lipinski definition) is 3. The van der Waals surface area contributed by atoms with E-state index in [1.54, 1.807) is 31.5 Å². The molecule has 0 fully saturated rings. The van der Waals surface area contributed by atoms with E-state index in [-0.39, 0.29) is 18.4 Å². The highest BCUT2D eigenvalue weighted by Gasteiger charge is 2.21. The molecule has 3 aromatic rings. The van der Waals surface area contributed by atoms with Crippen molar-refractivity contribution in [3.8, 4) is 5.75 Å². The van der Waals surface area contributed by atoms with E-state index in [0.717, 1.165) is 22.7 Å². The standard InChI is InChI=1S/C20H19Cl2N3O2/c1-25-10-9-23-20(25)19(14-4-6-15(27-2)7-5-14)24-18(26)12-13-3-8-16(21)17(22)11-13/h3-11,19H,12H2,1-2H3,(H,24,26)/t19-/m1/s1. The lowest BCUT2D eigenvalue weighted by atomic mass is 10.0. The number of aryl methyl sites for hydroxylation is 1. The Morgan fingerprint density at radius 3 is 2.52 bits per heavy atom. The summed E-state index contributed by atoms with van der Waals surface area (Å²) < 4.78 is 7.10. The molecular formula is C20H19Cl2N3O2. The van der Waals surface area contributed by atoms with Crippen molar-refractivity contribution in [2.75, 3.05) is 7.11 Å². The van der Waals surface area contributed by atoms with E-state index >= 15 is 0 Å². The lowest BCUT2D eigenvalue weighted by molar-refractivity contribution is -0.121. The lowest BCUT2D eigenvalue weighted by Gasteiger charge is -2.19. The van der Waals surface area contributed by atoms with E-state index < -0.39 is 0 Å². The van der Waals surface area contributed by atoms with E-state index in [2.05, 4.69) is 10.3 Å². The second kappa shape index (κ2) is 8.46. The number of amides is 1. The molecule has 5 nitrogen and oxygen atoms in total. The zero-order valence-electron chi connectivity index (χ0n) is 14.9. The summed E-state index contributed by atoms with van der Waals surface area (Å²) in [5, 5.41) is 3.95. The minimum atomic E-state index is -0.383. The maximum absolute atomic E-state index is 12.7. The van der Waals surface area contributed by atoms with E-state index in [4.69, 9.17) is 27.9 Å². The molecule has 0 saturated carbocycles. The number of benzene rings is 2. The monoisotopic (exact) mass is 403 g/mol. The number of nitrogens with zero attached hydrogens (tertiary/aromatic N) is 2. The van der Waals surface area contributed by atoms with Crippen LogP contribution in [0.15, 0.2) is 54.9 Å². The van der Waals surface area contributed by atoms with Crippen LogP contribution in [0, 0.1) is 0 Å². The maximum Gasteiger partial charge on any atom is 0.225 e. The van der Waals surface area contributed by atoms with E-state index in [0.29, 0.717) is 10.0 Å². The zero-order chi connectivity index (χ0) is 19.4. The summed E-state index contributed by atoms with van der Waals surface area (Å²) in [6.45, 7) is 0. The first-order valence-corrected chi connectivity index (χ1v) is 9.08. The van der Waals surface area contributed by atoms with Gasteiger partial charge in [0.25, 0.3) is 0 Å². The molecule has 0 unspecified atom stereocenters. The third-order valence-corrected chi connectivity index (χ3v) is 4.96. The van der Waals surface area contributed by atoms with Crippen LogP contribution in [0.25, 0.3) is 0 Å². The van der Waals surface area contributed by atoms with Gasteiger partial charge in [-0.15, -0.1) is 0 Å². The third-order valence-electron chi connectivity index (χ3n) is 4.22. The van der Waals surface area contributed by atoms with E-state index in [9.17, 15) is 4.79 Å². The molecule has 1 heterocycles. The van der Waals surface area contributed by atoms with Crippen molar-refractivity contribution in [3.63, 3.8) is 0 Å². The third kappa shape index (κ3) is 4.62. The number of methoxy groups -OCH3 is 1. The summed E-state index contributed by atoms with van der Waals surface area (Å²) in [5.41, 5.74) is 1.70. The van der Waals surface area contributed by atoms with Crippen molar-refractivity contribution in [1.82, 2.24) is 14.9 Å². The smallest absolute Gasteiger partial charge is 0.225 e. The fourth-order valence-electron chi connectivity index (χ4n) is 2.80. The average molecular weight is 404 g/mol. The first-order valence-electron chi connectivity index (χ1n) is 8.32. The number of aromatic nitrogens is 2. The topological polar surface area (TPSA) is 56.1 Å². The molecule has 1 atom stereocenters. The van der Waals surface area contributed by atoms with Gasteiger partial charge in [-0.1, -0.05) is 41.4 Å². The lowest BCUT2D eigenvalue weighted by Crippen LogP contribution is -2.32. The minimum absolute atomic E-state index is 0.141. The molecule has 3 rings (SSSR count). The summed E-state index contributed by atoms with van der Waals surface area (Å²) in [4.78, 5) is 17.1. The van der Waals surface area contributed by atoms with Crippen LogP contribution in [-0.4, -0.2) is 22.6 Å². The molecule has 1 amide bonds. The maximum atomic E-state index is 12.7. The van der Waals surface area contributed by atoms with E-state index in [1.165, 1.54) is 0 Å². The van der Waals surface area contributed by atoms with Crippen LogP contribution in [0.3, 0.4) is 0 Å². The van der Waals surface area contributed by atoms with Crippen LogP contribution in [0.2, 0.25) is 10.0 Å². The Balaban J connectivity index is 1.83. The quantitative estimate of drug-likeness (QED) is 0.671. The summed E-state index contributed by atoms with van der Waals surface area (Å²) >= 11 is 12.0. The molecule has 2 aromatic carbocycles. The molecule has 140 valence electrons. The second-order valence-corrected chi connectivity index (χ2v) is 6.91. The van der Waals surface area contributed by atoms with Crippen LogP contribution in [0.4, 0.5) is 0 Å². The number of imidazole rings is 1. The van der Waals surface area contributed by atoms with Gasteiger partial charge in [0.2, 0.25) is 5.91 Å². The number of carbonyl (C=O) groups excluding carboxylic acids is 1. The number of nitrogens with one attached hydrogen (secondary N) is 1. The number of halogens is 2. The van der Waals surface area contributed by atoms with Crippen LogP contribution >= 0.6 is 23.2 Å². The van der Waals surface area contributed by atoms with Gasteiger partial charge in [-0.05, 0) is 35.4 Å². The molecule has 1 aromatic heterocycles. The van der Waals surface area contributed by atoms with Crippen molar-refractivity contribution in [1.29, 1.82) is 0 Å². The molecule has 0 radical (unpaired) electrons. The summed E-state index contributed by atoms with van der Waals surface area (Å²) in [7, 11) is 3.51. The Bertz CT molecular complexity index is 939. The highest BCUT2D eigenvalue weighted by Crippen LogP contribution is 2.25. The molecule has 0 aliphatic rings. The van der Waals surface area contributed by atoms with Crippen molar-refractivity contribution < 1.29 is 9.53 Å². The molecule has 0 aliphatic heterocycles. The largest absolute Gasteiger partial charge is 0.497 e. The second-order valence-electron chi connectivity index (χ2n) is 6.10. The first kappa shape index (κ1) is 19.3. The van der Waals surface area contributed by atoms with Gasteiger partial charge in [-0.25, -0.2) is 4.98 Å². The van der Waals surface area contributed by atoms with Gasteiger partial charge in [0.15, 0.2) is 0 Å². The van der Waals surface area contributed by atoms with E-state index in [1.807, 2.05) is 42.1 Å². The van der Waals surface area contributed by atoms with Crippen molar-refractivity contribution in [2.45, 2.75) is 12.5 Å². The summed E-state index contributed by atoms with van der Waals surface area (Å²) in [5.74, 6) is 1.35. The highest BCUT2D eigenvalue weighted by molar-refractivity contribution is 6.42. The van der Waals surface area contributed by atoms with Gasteiger partial charge in [-0.2, -0.15) is 0 Å². The van der Waals surface area contributed by atoms with Crippen LogP contribution < -0.4 is 10.1 Å². The molecule has 7 heteroatoms. The SMILES string of the molecule is COc1ccc([C@@H](NC(=O)Cc2ccc(Cl)c(Cl)c2)c2nccn2C)cc1. The Morgan fingerprint density at radius 1 is 1.19 bits per heavy atom. The molecule has 27 heavy (non-hydrogen) atoms. The molecule has 0 aliphatic carbocycles. The minimum Gasteiger partial charge on any atom is -0.497 e. The number of rotatable bonds is 6. The summed E-state index contributed by atoms with van der Waals surface area (Å²) in [6.07, 6.45) is 3.74. The Labute approximate surface area is 167 Å². The molecular weight excluding hydrogens is 385 g/mol. The molecule has 0 spiro atoms. The van der Waals surface area contributed by atoms with Crippen LogP contribution in [0.5, 0.6) is 5.75 Å². The van der Waals surface area contributed by atoms with Crippen molar-refractivity contribution in [3.05, 3.63) is 81.9 Å². The van der Waals surface area contributed by atoms with Gasteiger partial charge < -0.3 is 14.6 Å². The highest BCUT2D eigenvalue weighted by atomic mass is 35.5. The van der Waals surface area contributed by atoms with Gasteiger partial charge in [0.1, 0.15) is 17.6 Å². The predicted molar refractivity (Wildman–Crippen MR) is 106 cm³/mol. The van der Waals surface area contributed by atoms with Gasteiger partial charge in [0, 0.05) is 19.4 Å². The number of hydrogen-bond donors (Lipinski definition) is 1. The number of ether oxygens (including phenoxy) is 1. The Hall–Kier alpha value is -2.50. The van der Waals surface area contributed by atoms with Gasteiger partial charge >= 0.3 is 0 Å². The normalized spacial score (nSPS) is 11.9. The van der Waals surface area contributed by atoms with Crippen molar-refractivity contribution in [2.24, 2.45) is 7.05 Å². The van der Waals surface area contributed by atoms with Gasteiger partial charge in [-0.3, -0.25) is 4.79 Å². The Morgan fingerprint density at radius 2 is 1.93 bits per heavy atom. The van der Waals surface area contributed by atoms with Crippen LogP contribution in [0.1, 0.15) is 23.0 Å².